The number of pyridine rings is 1. The van der Waals surface area contributed by atoms with E-state index < -0.39 is 5.82 Å². The Balaban J connectivity index is 2.03. The maximum absolute atomic E-state index is 13.7. The molecule has 2 heterocycles. The van der Waals surface area contributed by atoms with Crippen LogP contribution < -0.4 is 10.6 Å². The van der Waals surface area contributed by atoms with Crippen molar-refractivity contribution in [2.75, 3.05) is 17.7 Å². The zero-order chi connectivity index (χ0) is 16.9. The quantitative estimate of drug-likeness (QED) is 0.767. The Labute approximate surface area is 138 Å². The third-order valence-electron chi connectivity index (χ3n) is 3.27. The number of halogens is 1. The van der Waals surface area contributed by atoms with Gasteiger partial charge in [-0.3, -0.25) is 4.98 Å². The minimum Gasteiger partial charge on any atom is -0.357 e. The predicted octanol–water partition coefficient (Wildman–Crippen LogP) is 3.33. The molecule has 3 rings (SSSR count). The van der Waals surface area contributed by atoms with Crippen LogP contribution in [0.2, 0.25) is 0 Å². The summed E-state index contributed by atoms with van der Waals surface area (Å²) in [6.45, 7) is 0. The van der Waals surface area contributed by atoms with Gasteiger partial charge in [0.05, 0.1) is 17.1 Å². The lowest BCUT2D eigenvalue weighted by atomic mass is 10.2. The van der Waals surface area contributed by atoms with Crippen LogP contribution in [0.3, 0.4) is 0 Å². The summed E-state index contributed by atoms with van der Waals surface area (Å²) in [6, 6.07) is 13.4. The number of benzene rings is 1. The van der Waals surface area contributed by atoms with Gasteiger partial charge in [-0.05, 0) is 24.3 Å². The molecule has 118 valence electrons. The van der Waals surface area contributed by atoms with E-state index in [0.717, 1.165) is 0 Å². The van der Waals surface area contributed by atoms with Crippen molar-refractivity contribution in [1.29, 1.82) is 5.26 Å². The molecular weight excluding hydrogens is 307 g/mol. The van der Waals surface area contributed by atoms with Crippen LogP contribution in [0.1, 0.15) is 5.56 Å². The lowest BCUT2D eigenvalue weighted by molar-refractivity contribution is 0.624. The summed E-state index contributed by atoms with van der Waals surface area (Å²) in [5.74, 6) is 0.225. The highest BCUT2D eigenvalue weighted by Crippen LogP contribution is 2.25. The Morgan fingerprint density at radius 2 is 1.96 bits per heavy atom. The van der Waals surface area contributed by atoms with Crippen LogP contribution in [0.15, 0.2) is 48.7 Å². The van der Waals surface area contributed by atoms with Crippen LogP contribution in [-0.2, 0) is 0 Å². The molecule has 0 aliphatic heterocycles. The molecule has 0 aliphatic rings. The second-order valence-corrected chi connectivity index (χ2v) is 4.83. The van der Waals surface area contributed by atoms with Gasteiger partial charge in [0, 0.05) is 19.3 Å². The fraction of sp³-hybridized carbons (Fsp3) is 0.0588. The zero-order valence-corrected chi connectivity index (χ0v) is 12.8. The van der Waals surface area contributed by atoms with Crippen molar-refractivity contribution in [3.8, 4) is 17.5 Å². The van der Waals surface area contributed by atoms with Gasteiger partial charge in [-0.25, -0.2) is 9.37 Å². The third kappa shape index (κ3) is 3.13. The van der Waals surface area contributed by atoms with Gasteiger partial charge in [0.2, 0.25) is 5.95 Å². The standard InChI is InChI=1S/C17H13FN6/c1-20-17-23-15(14-6-2-3-8-21-14)9-16(24-17)22-13-7-4-5-12(18)11(13)10-19/h2-9H,1H3,(H2,20,22,23,24). The van der Waals surface area contributed by atoms with Gasteiger partial charge in [0.1, 0.15) is 23.3 Å². The first-order valence-electron chi connectivity index (χ1n) is 7.15. The maximum atomic E-state index is 13.7. The minimum absolute atomic E-state index is 0.0680. The van der Waals surface area contributed by atoms with Gasteiger partial charge in [-0.2, -0.15) is 10.2 Å². The van der Waals surface area contributed by atoms with Crippen LogP contribution in [0.25, 0.3) is 11.4 Å². The van der Waals surface area contributed by atoms with Crippen molar-refractivity contribution < 1.29 is 4.39 Å². The molecule has 2 N–H and O–H groups in total. The van der Waals surface area contributed by atoms with Crippen LogP contribution in [0.4, 0.5) is 21.8 Å². The number of hydrogen-bond acceptors (Lipinski definition) is 6. The lowest BCUT2D eigenvalue weighted by Crippen LogP contribution is -2.03. The van der Waals surface area contributed by atoms with Crippen LogP contribution in [-0.4, -0.2) is 22.0 Å². The van der Waals surface area contributed by atoms with Crippen LogP contribution in [0.5, 0.6) is 0 Å². The first-order chi connectivity index (χ1) is 11.7. The highest BCUT2D eigenvalue weighted by atomic mass is 19.1. The van der Waals surface area contributed by atoms with Gasteiger partial charge in [0.15, 0.2) is 0 Å². The van der Waals surface area contributed by atoms with E-state index in [1.807, 2.05) is 24.3 Å². The molecule has 0 amide bonds. The summed E-state index contributed by atoms with van der Waals surface area (Å²) in [7, 11) is 1.70. The van der Waals surface area contributed by atoms with Crippen LogP contribution >= 0.6 is 0 Å². The van der Waals surface area contributed by atoms with Crippen molar-refractivity contribution in [3.63, 3.8) is 0 Å². The predicted molar refractivity (Wildman–Crippen MR) is 89.2 cm³/mol. The SMILES string of the molecule is CNc1nc(Nc2cccc(F)c2C#N)cc(-c2ccccn2)n1. The maximum Gasteiger partial charge on any atom is 0.225 e. The molecule has 0 atom stereocenters. The Morgan fingerprint density at radius 1 is 1.08 bits per heavy atom. The lowest BCUT2D eigenvalue weighted by Gasteiger charge is -2.11. The molecule has 0 saturated heterocycles. The second-order valence-electron chi connectivity index (χ2n) is 4.83. The molecule has 0 fully saturated rings. The number of rotatable bonds is 4. The van der Waals surface area contributed by atoms with E-state index >= 15 is 0 Å². The molecule has 2 aromatic heterocycles. The normalized spacial score (nSPS) is 10.0. The first kappa shape index (κ1) is 15.4. The van der Waals surface area contributed by atoms with Gasteiger partial charge < -0.3 is 10.6 Å². The Kier molecular flexibility index (Phi) is 4.29. The largest absolute Gasteiger partial charge is 0.357 e. The number of nitrogens with one attached hydrogen (secondary N) is 2. The van der Waals surface area contributed by atoms with Crippen molar-refractivity contribution in [1.82, 2.24) is 15.0 Å². The first-order valence-corrected chi connectivity index (χ1v) is 7.15. The van der Waals surface area contributed by atoms with E-state index in [0.29, 0.717) is 28.8 Å². The molecule has 6 nitrogen and oxygen atoms in total. The number of nitrogens with zero attached hydrogens (tertiary/aromatic N) is 4. The minimum atomic E-state index is -0.588. The topological polar surface area (TPSA) is 86.5 Å². The molecule has 0 unspecified atom stereocenters. The summed E-state index contributed by atoms with van der Waals surface area (Å²) in [4.78, 5) is 12.9. The molecule has 0 saturated carbocycles. The third-order valence-corrected chi connectivity index (χ3v) is 3.27. The van der Waals surface area contributed by atoms with E-state index in [4.69, 9.17) is 5.26 Å². The zero-order valence-electron chi connectivity index (χ0n) is 12.8. The van der Waals surface area contributed by atoms with E-state index in [-0.39, 0.29) is 5.56 Å². The van der Waals surface area contributed by atoms with Crippen molar-refractivity contribution in [2.24, 2.45) is 0 Å². The Hall–Kier alpha value is -3.53. The Bertz CT molecular complexity index is 905. The molecule has 0 radical (unpaired) electrons. The number of hydrogen-bond donors (Lipinski definition) is 2. The summed E-state index contributed by atoms with van der Waals surface area (Å²) < 4.78 is 13.7. The molecule has 7 heteroatoms. The Morgan fingerprint density at radius 3 is 2.67 bits per heavy atom. The van der Waals surface area contributed by atoms with E-state index in [1.54, 1.807) is 25.4 Å². The molecule has 0 spiro atoms. The highest BCUT2D eigenvalue weighted by molar-refractivity contribution is 5.68. The van der Waals surface area contributed by atoms with E-state index in [9.17, 15) is 4.39 Å². The van der Waals surface area contributed by atoms with Crippen molar-refractivity contribution in [3.05, 3.63) is 60.0 Å². The molecule has 0 aliphatic carbocycles. The average Bonchev–Trinajstić information content (AvgIpc) is 2.62. The summed E-state index contributed by atoms with van der Waals surface area (Å²) in [5, 5.41) is 15.0. The molecule has 3 aromatic rings. The highest BCUT2D eigenvalue weighted by Gasteiger charge is 2.11. The number of aromatic nitrogens is 3. The van der Waals surface area contributed by atoms with Gasteiger partial charge >= 0.3 is 0 Å². The van der Waals surface area contributed by atoms with E-state index in [2.05, 4.69) is 25.6 Å². The number of nitriles is 1. The average molecular weight is 320 g/mol. The van der Waals surface area contributed by atoms with Gasteiger partial charge in [-0.15, -0.1) is 0 Å². The molecule has 0 bridgehead atoms. The summed E-state index contributed by atoms with van der Waals surface area (Å²) in [5.41, 5.74) is 1.55. The molecule has 1 aromatic carbocycles. The van der Waals surface area contributed by atoms with Gasteiger partial charge in [0.25, 0.3) is 0 Å². The van der Waals surface area contributed by atoms with Gasteiger partial charge in [-0.1, -0.05) is 12.1 Å². The van der Waals surface area contributed by atoms with E-state index in [1.165, 1.54) is 12.1 Å². The molecular formula is C17H13FN6. The monoisotopic (exact) mass is 320 g/mol. The second kappa shape index (κ2) is 6.71. The number of anilines is 3. The fourth-order valence-corrected chi connectivity index (χ4v) is 2.15. The molecule has 24 heavy (non-hydrogen) atoms. The van der Waals surface area contributed by atoms with Crippen molar-refractivity contribution >= 4 is 17.5 Å². The smallest absolute Gasteiger partial charge is 0.225 e. The fourth-order valence-electron chi connectivity index (χ4n) is 2.15. The summed E-state index contributed by atoms with van der Waals surface area (Å²) >= 11 is 0. The van der Waals surface area contributed by atoms with Crippen LogP contribution in [0, 0.1) is 17.1 Å². The summed E-state index contributed by atoms with van der Waals surface area (Å²) in [6.07, 6.45) is 1.67. The van der Waals surface area contributed by atoms with Crippen molar-refractivity contribution in [2.45, 2.75) is 0 Å².